The maximum Gasteiger partial charge on any atom is 0.165 e. The van der Waals surface area contributed by atoms with Crippen LogP contribution in [0.25, 0.3) is 0 Å². The Morgan fingerprint density at radius 1 is 1.33 bits per heavy atom. The summed E-state index contributed by atoms with van der Waals surface area (Å²) in [6, 6.07) is 8.78. The van der Waals surface area contributed by atoms with Gasteiger partial charge in [-0.15, -0.1) is 0 Å². The minimum absolute atomic E-state index is 0.273. The first-order chi connectivity index (χ1) is 8.79. The molecule has 0 amide bonds. The highest BCUT2D eigenvalue weighted by molar-refractivity contribution is 5.29. The predicted octanol–water partition coefficient (Wildman–Crippen LogP) is 2.76. The minimum Gasteiger partial charge on any atom is -0.494 e. The summed E-state index contributed by atoms with van der Waals surface area (Å²) in [6.45, 7) is 1.42. The third kappa shape index (κ3) is 3.34. The van der Waals surface area contributed by atoms with Crippen LogP contribution in [0.4, 0.5) is 4.39 Å². The minimum atomic E-state index is -0.331. The number of rotatable bonds is 6. The molecular formula is C14H16FNO2. The number of halogens is 1. The van der Waals surface area contributed by atoms with Crippen LogP contribution >= 0.6 is 0 Å². The van der Waals surface area contributed by atoms with E-state index in [9.17, 15) is 4.39 Å². The molecular weight excluding hydrogens is 233 g/mol. The smallest absolute Gasteiger partial charge is 0.165 e. The van der Waals surface area contributed by atoms with E-state index in [1.54, 1.807) is 12.3 Å². The van der Waals surface area contributed by atoms with Crippen LogP contribution in [0, 0.1) is 5.82 Å². The molecule has 0 saturated carbocycles. The monoisotopic (exact) mass is 249 g/mol. The van der Waals surface area contributed by atoms with Gasteiger partial charge in [-0.25, -0.2) is 4.39 Å². The van der Waals surface area contributed by atoms with Gasteiger partial charge in [0, 0.05) is 19.5 Å². The number of furan rings is 1. The number of hydrogen-bond acceptors (Lipinski definition) is 3. The summed E-state index contributed by atoms with van der Waals surface area (Å²) in [5.74, 6) is 0.889. The standard InChI is InChI=1S/C14H16FNO2/c1-17-14-5-4-11(9-13(14)15)10-16-7-6-12-3-2-8-18-12/h2-5,8-9,16H,6-7,10H2,1H3. The Bertz CT molecular complexity index is 483. The second-order valence-electron chi connectivity index (χ2n) is 3.98. The zero-order chi connectivity index (χ0) is 12.8. The summed E-state index contributed by atoms with van der Waals surface area (Å²) < 4.78 is 23.5. The lowest BCUT2D eigenvalue weighted by Crippen LogP contribution is -2.16. The first-order valence-corrected chi connectivity index (χ1v) is 5.85. The molecule has 1 aromatic carbocycles. The Balaban J connectivity index is 1.78. The van der Waals surface area contributed by atoms with Gasteiger partial charge in [0.15, 0.2) is 11.6 Å². The maximum atomic E-state index is 13.4. The van der Waals surface area contributed by atoms with Gasteiger partial charge in [0.1, 0.15) is 5.76 Å². The molecule has 0 aliphatic rings. The van der Waals surface area contributed by atoms with Crippen LogP contribution in [-0.4, -0.2) is 13.7 Å². The molecule has 0 aliphatic heterocycles. The van der Waals surface area contributed by atoms with Gasteiger partial charge in [-0.3, -0.25) is 0 Å². The summed E-state index contributed by atoms with van der Waals surface area (Å²) >= 11 is 0. The van der Waals surface area contributed by atoms with Crippen LogP contribution in [0.5, 0.6) is 5.75 Å². The Morgan fingerprint density at radius 2 is 2.22 bits per heavy atom. The lowest BCUT2D eigenvalue weighted by Gasteiger charge is -2.06. The van der Waals surface area contributed by atoms with Gasteiger partial charge < -0.3 is 14.5 Å². The van der Waals surface area contributed by atoms with Crippen molar-refractivity contribution in [1.29, 1.82) is 0 Å². The molecule has 4 heteroatoms. The molecule has 18 heavy (non-hydrogen) atoms. The highest BCUT2D eigenvalue weighted by atomic mass is 19.1. The first-order valence-electron chi connectivity index (χ1n) is 5.85. The third-order valence-corrected chi connectivity index (χ3v) is 2.67. The van der Waals surface area contributed by atoms with E-state index in [-0.39, 0.29) is 11.6 Å². The van der Waals surface area contributed by atoms with Crippen molar-refractivity contribution >= 4 is 0 Å². The molecule has 0 fully saturated rings. The highest BCUT2D eigenvalue weighted by Crippen LogP contribution is 2.17. The average Bonchev–Trinajstić information content (AvgIpc) is 2.88. The Kier molecular flexibility index (Phi) is 4.36. The van der Waals surface area contributed by atoms with E-state index in [4.69, 9.17) is 9.15 Å². The van der Waals surface area contributed by atoms with Crippen LogP contribution in [0.2, 0.25) is 0 Å². The van der Waals surface area contributed by atoms with Crippen molar-refractivity contribution in [3.8, 4) is 5.75 Å². The number of ether oxygens (including phenoxy) is 1. The number of benzene rings is 1. The van der Waals surface area contributed by atoms with E-state index in [1.165, 1.54) is 13.2 Å². The van der Waals surface area contributed by atoms with Gasteiger partial charge in [0.2, 0.25) is 0 Å². The van der Waals surface area contributed by atoms with E-state index in [1.807, 2.05) is 18.2 Å². The fourth-order valence-electron chi connectivity index (χ4n) is 1.72. The van der Waals surface area contributed by atoms with Gasteiger partial charge in [-0.1, -0.05) is 6.07 Å². The van der Waals surface area contributed by atoms with Gasteiger partial charge in [-0.2, -0.15) is 0 Å². The van der Waals surface area contributed by atoms with Crippen LogP contribution in [0.1, 0.15) is 11.3 Å². The number of nitrogens with one attached hydrogen (secondary N) is 1. The fourth-order valence-corrected chi connectivity index (χ4v) is 1.72. The highest BCUT2D eigenvalue weighted by Gasteiger charge is 2.03. The first kappa shape index (κ1) is 12.6. The van der Waals surface area contributed by atoms with Crippen LogP contribution in [0.15, 0.2) is 41.0 Å². The molecule has 2 rings (SSSR count). The fraction of sp³-hybridized carbons (Fsp3) is 0.286. The third-order valence-electron chi connectivity index (χ3n) is 2.67. The molecule has 3 nitrogen and oxygen atoms in total. The largest absolute Gasteiger partial charge is 0.494 e. The molecule has 0 saturated heterocycles. The van der Waals surface area contributed by atoms with Gasteiger partial charge in [-0.05, 0) is 29.8 Å². The van der Waals surface area contributed by atoms with Crippen LogP contribution in [0.3, 0.4) is 0 Å². The van der Waals surface area contributed by atoms with Crippen molar-refractivity contribution in [2.45, 2.75) is 13.0 Å². The lowest BCUT2D eigenvalue weighted by molar-refractivity contribution is 0.386. The Hall–Kier alpha value is -1.81. The van der Waals surface area contributed by atoms with E-state index < -0.39 is 0 Å². The van der Waals surface area contributed by atoms with Crippen molar-refractivity contribution in [3.05, 3.63) is 53.7 Å². The van der Waals surface area contributed by atoms with E-state index in [0.717, 1.165) is 24.3 Å². The zero-order valence-electron chi connectivity index (χ0n) is 10.3. The molecule has 0 aliphatic carbocycles. The maximum absolute atomic E-state index is 13.4. The summed E-state index contributed by atoms with van der Waals surface area (Å²) in [5.41, 5.74) is 0.896. The van der Waals surface area contributed by atoms with Crippen molar-refractivity contribution in [3.63, 3.8) is 0 Å². The molecule has 96 valence electrons. The van der Waals surface area contributed by atoms with Crippen molar-refractivity contribution in [2.75, 3.05) is 13.7 Å². The Labute approximate surface area is 106 Å². The molecule has 0 bridgehead atoms. The van der Waals surface area contributed by atoms with Crippen molar-refractivity contribution < 1.29 is 13.5 Å². The second-order valence-corrected chi connectivity index (χ2v) is 3.98. The van der Waals surface area contributed by atoms with E-state index >= 15 is 0 Å². The number of hydrogen-bond donors (Lipinski definition) is 1. The molecule has 1 heterocycles. The molecule has 0 spiro atoms. The molecule has 0 unspecified atom stereocenters. The van der Waals surface area contributed by atoms with Gasteiger partial charge in [0.05, 0.1) is 13.4 Å². The van der Waals surface area contributed by atoms with Crippen LogP contribution in [-0.2, 0) is 13.0 Å². The Morgan fingerprint density at radius 3 is 2.89 bits per heavy atom. The van der Waals surface area contributed by atoms with Gasteiger partial charge >= 0.3 is 0 Å². The van der Waals surface area contributed by atoms with Crippen molar-refractivity contribution in [2.24, 2.45) is 0 Å². The molecule has 0 radical (unpaired) electrons. The van der Waals surface area contributed by atoms with Crippen molar-refractivity contribution in [1.82, 2.24) is 5.32 Å². The normalized spacial score (nSPS) is 10.6. The van der Waals surface area contributed by atoms with Gasteiger partial charge in [0.25, 0.3) is 0 Å². The van der Waals surface area contributed by atoms with E-state index in [0.29, 0.717) is 6.54 Å². The van der Waals surface area contributed by atoms with Crippen LogP contribution < -0.4 is 10.1 Å². The van der Waals surface area contributed by atoms with E-state index in [2.05, 4.69) is 5.32 Å². The SMILES string of the molecule is COc1ccc(CNCCc2ccco2)cc1F. The molecule has 0 atom stereocenters. The average molecular weight is 249 g/mol. The molecule has 1 aromatic heterocycles. The molecule has 2 aromatic rings. The number of methoxy groups -OCH3 is 1. The summed E-state index contributed by atoms with van der Waals surface area (Å²) in [6.07, 6.45) is 2.49. The quantitative estimate of drug-likeness (QED) is 0.799. The topological polar surface area (TPSA) is 34.4 Å². The zero-order valence-corrected chi connectivity index (χ0v) is 10.3. The second kappa shape index (κ2) is 6.21. The predicted molar refractivity (Wildman–Crippen MR) is 67.1 cm³/mol. The molecule has 1 N–H and O–H groups in total. The summed E-state index contributed by atoms with van der Waals surface area (Å²) in [4.78, 5) is 0. The lowest BCUT2D eigenvalue weighted by atomic mass is 10.2. The summed E-state index contributed by atoms with van der Waals surface area (Å²) in [7, 11) is 1.46. The summed E-state index contributed by atoms with van der Waals surface area (Å²) in [5, 5.41) is 3.24.